The van der Waals surface area contributed by atoms with Gasteiger partial charge in [-0.3, -0.25) is 4.79 Å². The van der Waals surface area contributed by atoms with E-state index in [1.54, 1.807) is 18.2 Å². The van der Waals surface area contributed by atoms with Crippen molar-refractivity contribution >= 4 is 17.4 Å². The Hall–Kier alpha value is -3.28. The molecule has 0 unspecified atom stereocenters. The predicted octanol–water partition coefficient (Wildman–Crippen LogP) is 5.29. The molecule has 0 aliphatic heterocycles. The van der Waals surface area contributed by atoms with Crippen molar-refractivity contribution in [2.24, 2.45) is 0 Å². The maximum Gasteiger partial charge on any atom is 0.253 e. The van der Waals surface area contributed by atoms with Crippen LogP contribution in [0.1, 0.15) is 37.0 Å². The SMILES string of the molecule is CCCCN(CC)C(=O)c1cccc(Nc2cc(-c3cccc(F)c3)ncn2)c1. The molecule has 0 spiro atoms. The van der Waals surface area contributed by atoms with Gasteiger partial charge in [0.25, 0.3) is 5.91 Å². The Morgan fingerprint density at radius 2 is 1.90 bits per heavy atom. The molecule has 0 bridgehead atoms. The molecule has 150 valence electrons. The molecule has 3 rings (SSSR count). The fourth-order valence-corrected chi connectivity index (χ4v) is 3.04. The molecule has 3 aromatic rings. The summed E-state index contributed by atoms with van der Waals surface area (Å²) in [5.74, 6) is 0.278. The minimum Gasteiger partial charge on any atom is -0.340 e. The van der Waals surface area contributed by atoms with Gasteiger partial charge in [-0.25, -0.2) is 14.4 Å². The number of carbonyl (C=O) groups is 1. The van der Waals surface area contributed by atoms with Gasteiger partial charge in [0.1, 0.15) is 18.0 Å². The van der Waals surface area contributed by atoms with Gasteiger partial charge in [0.05, 0.1) is 5.69 Å². The van der Waals surface area contributed by atoms with Crippen molar-refractivity contribution in [2.75, 3.05) is 18.4 Å². The van der Waals surface area contributed by atoms with Gasteiger partial charge in [-0.15, -0.1) is 0 Å². The average Bonchev–Trinajstić information content (AvgIpc) is 2.74. The lowest BCUT2D eigenvalue weighted by atomic mass is 10.1. The minimum atomic E-state index is -0.314. The van der Waals surface area contributed by atoms with Crippen LogP contribution in [-0.4, -0.2) is 33.9 Å². The molecule has 1 aromatic heterocycles. The maximum absolute atomic E-state index is 13.5. The summed E-state index contributed by atoms with van der Waals surface area (Å²) in [4.78, 5) is 23.1. The van der Waals surface area contributed by atoms with Crippen LogP contribution in [0, 0.1) is 5.82 Å². The van der Waals surface area contributed by atoms with Crippen LogP contribution in [0.4, 0.5) is 15.9 Å². The summed E-state index contributed by atoms with van der Waals surface area (Å²) in [7, 11) is 0. The lowest BCUT2D eigenvalue weighted by molar-refractivity contribution is 0.0762. The number of amides is 1. The molecular formula is C23H25FN4O. The first-order chi connectivity index (χ1) is 14.1. The second kappa shape index (κ2) is 9.78. The summed E-state index contributed by atoms with van der Waals surface area (Å²) < 4.78 is 13.5. The number of hydrogen-bond donors (Lipinski definition) is 1. The molecule has 0 aliphatic carbocycles. The number of aromatic nitrogens is 2. The third-order valence-electron chi connectivity index (χ3n) is 4.62. The number of unbranched alkanes of at least 4 members (excludes halogenated alkanes) is 1. The number of benzene rings is 2. The van der Waals surface area contributed by atoms with Crippen molar-refractivity contribution in [2.45, 2.75) is 26.7 Å². The van der Waals surface area contributed by atoms with Gasteiger partial charge >= 0.3 is 0 Å². The number of nitrogens with one attached hydrogen (secondary N) is 1. The van der Waals surface area contributed by atoms with E-state index >= 15 is 0 Å². The van der Waals surface area contributed by atoms with Crippen LogP contribution >= 0.6 is 0 Å². The molecule has 2 aromatic carbocycles. The molecule has 0 aliphatic rings. The molecule has 5 nitrogen and oxygen atoms in total. The first-order valence-electron chi connectivity index (χ1n) is 9.85. The highest BCUT2D eigenvalue weighted by atomic mass is 19.1. The molecule has 1 heterocycles. The highest BCUT2D eigenvalue weighted by molar-refractivity contribution is 5.95. The fourth-order valence-electron chi connectivity index (χ4n) is 3.04. The highest BCUT2D eigenvalue weighted by Crippen LogP contribution is 2.22. The monoisotopic (exact) mass is 392 g/mol. The largest absolute Gasteiger partial charge is 0.340 e. The Balaban J connectivity index is 1.78. The molecule has 1 N–H and O–H groups in total. The van der Waals surface area contributed by atoms with Crippen LogP contribution < -0.4 is 5.32 Å². The van der Waals surface area contributed by atoms with Crippen molar-refractivity contribution in [3.05, 3.63) is 72.3 Å². The predicted molar refractivity (Wildman–Crippen MR) is 114 cm³/mol. The number of halogens is 1. The van der Waals surface area contributed by atoms with E-state index in [-0.39, 0.29) is 11.7 Å². The van der Waals surface area contributed by atoms with E-state index in [1.807, 2.05) is 36.1 Å². The van der Waals surface area contributed by atoms with Gasteiger partial charge in [-0.05, 0) is 43.7 Å². The van der Waals surface area contributed by atoms with E-state index in [2.05, 4.69) is 22.2 Å². The van der Waals surface area contributed by atoms with Crippen molar-refractivity contribution in [1.82, 2.24) is 14.9 Å². The van der Waals surface area contributed by atoms with Crippen molar-refractivity contribution < 1.29 is 9.18 Å². The highest BCUT2D eigenvalue weighted by Gasteiger charge is 2.14. The molecule has 0 atom stereocenters. The van der Waals surface area contributed by atoms with Gasteiger partial charge < -0.3 is 10.2 Å². The third-order valence-corrected chi connectivity index (χ3v) is 4.62. The first kappa shape index (κ1) is 20.5. The number of carbonyl (C=O) groups excluding carboxylic acids is 1. The number of rotatable bonds is 8. The zero-order chi connectivity index (χ0) is 20.6. The Bertz CT molecular complexity index is 976. The molecule has 6 heteroatoms. The molecular weight excluding hydrogens is 367 g/mol. The third kappa shape index (κ3) is 5.38. The topological polar surface area (TPSA) is 58.1 Å². The lowest BCUT2D eigenvalue weighted by Crippen LogP contribution is -2.31. The Morgan fingerprint density at radius 3 is 2.66 bits per heavy atom. The zero-order valence-corrected chi connectivity index (χ0v) is 16.7. The molecule has 29 heavy (non-hydrogen) atoms. The summed E-state index contributed by atoms with van der Waals surface area (Å²) in [5.41, 5.74) is 2.68. The van der Waals surface area contributed by atoms with Gasteiger partial charge in [0, 0.05) is 36.0 Å². The average molecular weight is 392 g/mol. The van der Waals surface area contributed by atoms with Gasteiger partial charge in [-0.1, -0.05) is 31.5 Å². The first-order valence-corrected chi connectivity index (χ1v) is 9.85. The standard InChI is InChI=1S/C23H25FN4O/c1-3-5-12-28(4-2)23(29)18-9-7-11-20(14-18)27-22-15-21(25-16-26-22)17-8-6-10-19(24)13-17/h6-11,13-16H,3-5,12H2,1-2H3,(H,25,26,27). The fraction of sp³-hybridized carbons (Fsp3) is 0.261. The zero-order valence-electron chi connectivity index (χ0n) is 16.7. The molecule has 0 saturated carbocycles. The van der Waals surface area contributed by atoms with Crippen LogP contribution in [0.15, 0.2) is 60.9 Å². The van der Waals surface area contributed by atoms with Crippen molar-refractivity contribution in [1.29, 1.82) is 0 Å². The second-order valence-corrected chi connectivity index (χ2v) is 6.74. The summed E-state index contributed by atoms with van der Waals surface area (Å²) >= 11 is 0. The van der Waals surface area contributed by atoms with E-state index in [9.17, 15) is 9.18 Å². The quantitative estimate of drug-likeness (QED) is 0.566. The van der Waals surface area contributed by atoms with Crippen molar-refractivity contribution in [3.63, 3.8) is 0 Å². The summed E-state index contributed by atoms with van der Waals surface area (Å²) in [6.07, 6.45) is 3.47. The molecule has 0 radical (unpaired) electrons. The molecule has 0 saturated heterocycles. The van der Waals surface area contributed by atoms with Gasteiger partial charge in [-0.2, -0.15) is 0 Å². The van der Waals surface area contributed by atoms with Crippen LogP contribution in [0.25, 0.3) is 11.3 Å². The van der Waals surface area contributed by atoms with E-state index in [4.69, 9.17) is 0 Å². The summed E-state index contributed by atoms with van der Waals surface area (Å²) in [6.45, 7) is 5.54. The van der Waals surface area contributed by atoms with Crippen molar-refractivity contribution in [3.8, 4) is 11.3 Å². The van der Waals surface area contributed by atoms with E-state index < -0.39 is 0 Å². The van der Waals surface area contributed by atoms with E-state index in [1.165, 1.54) is 18.5 Å². The molecule has 1 amide bonds. The summed E-state index contributed by atoms with van der Waals surface area (Å²) in [6, 6.07) is 15.4. The number of hydrogen-bond acceptors (Lipinski definition) is 4. The van der Waals surface area contributed by atoms with Crippen LogP contribution in [0.5, 0.6) is 0 Å². The Labute approximate surface area is 170 Å². The molecule has 0 fully saturated rings. The number of nitrogens with zero attached hydrogens (tertiary/aromatic N) is 3. The maximum atomic E-state index is 13.5. The van der Waals surface area contributed by atoms with Crippen LogP contribution in [-0.2, 0) is 0 Å². The second-order valence-electron chi connectivity index (χ2n) is 6.74. The minimum absolute atomic E-state index is 0.0211. The van der Waals surface area contributed by atoms with E-state index in [0.29, 0.717) is 29.2 Å². The van der Waals surface area contributed by atoms with Gasteiger partial charge in [0.2, 0.25) is 0 Å². The number of anilines is 2. The lowest BCUT2D eigenvalue weighted by Gasteiger charge is -2.21. The van der Waals surface area contributed by atoms with Crippen LogP contribution in [0.3, 0.4) is 0 Å². The Morgan fingerprint density at radius 1 is 1.07 bits per heavy atom. The smallest absolute Gasteiger partial charge is 0.253 e. The summed E-state index contributed by atoms with van der Waals surface area (Å²) in [5, 5.41) is 3.21. The van der Waals surface area contributed by atoms with E-state index in [0.717, 1.165) is 25.1 Å². The van der Waals surface area contributed by atoms with Gasteiger partial charge in [0.15, 0.2) is 0 Å². The normalized spacial score (nSPS) is 10.6. The Kier molecular flexibility index (Phi) is 6.89. The van der Waals surface area contributed by atoms with Crippen LogP contribution in [0.2, 0.25) is 0 Å².